The topological polar surface area (TPSA) is 64.8 Å². The van der Waals surface area contributed by atoms with Crippen LogP contribution in [0, 0.1) is 5.82 Å². The maximum Gasteiger partial charge on any atom is 0.275 e. The highest BCUT2D eigenvalue weighted by Gasteiger charge is 2.25. The molecule has 2 aromatic rings. The number of aromatic nitrogens is 1. The van der Waals surface area contributed by atoms with Gasteiger partial charge in [0.2, 0.25) is 5.89 Å². The lowest BCUT2D eigenvalue weighted by Gasteiger charge is -2.30. The van der Waals surface area contributed by atoms with Crippen LogP contribution in [-0.2, 0) is 11.3 Å². The number of oxazole rings is 1. The standard InChI is InChI=1S/C17H18ClFN2O4/c1-21(12-4-6-23-7-5-12)17(22)14-9-25-16(20-14)10-24-15-3-2-11(19)8-13(15)18/h2-3,8-9,12H,4-7,10H2,1H3. The molecule has 0 unspecified atom stereocenters. The largest absolute Gasteiger partial charge is 0.482 e. The molecule has 8 heteroatoms. The number of halogens is 2. The van der Waals surface area contributed by atoms with Gasteiger partial charge >= 0.3 is 0 Å². The summed E-state index contributed by atoms with van der Waals surface area (Å²) < 4.78 is 29.1. The second-order valence-electron chi connectivity index (χ2n) is 5.75. The van der Waals surface area contributed by atoms with Crippen LogP contribution >= 0.6 is 11.6 Å². The summed E-state index contributed by atoms with van der Waals surface area (Å²) in [6.45, 7) is 1.29. The number of rotatable bonds is 5. The molecule has 1 aromatic carbocycles. The van der Waals surface area contributed by atoms with E-state index >= 15 is 0 Å². The van der Waals surface area contributed by atoms with Crippen LogP contribution in [0.15, 0.2) is 28.9 Å². The first-order chi connectivity index (χ1) is 12.0. The van der Waals surface area contributed by atoms with Gasteiger partial charge in [-0.05, 0) is 31.0 Å². The molecule has 1 aliphatic rings. The number of hydrogen-bond donors (Lipinski definition) is 0. The van der Waals surface area contributed by atoms with Crippen molar-refractivity contribution in [3.05, 3.63) is 46.9 Å². The number of benzene rings is 1. The van der Waals surface area contributed by atoms with Crippen molar-refractivity contribution in [3.63, 3.8) is 0 Å². The van der Waals surface area contributed by atoms with E-state index < -0.39 is 5.82 Å². The SMILES string of the molecule is CN(C(=O)c1coc(COc2ccc(F)cc2Cl)n1)C1CCOCC1. The summed E-state index contributed by atoms with van der Waals surface area (Å²) >= 11 is 5.89. The molecule has 1 aliphatic heterocycles. The molecule has 0 saturated carbocycles. The Labute approximate surface area is 149 Å². The van der Waals surface area contributed by atoms with Gasteiger partial charge in [-0.25, -0.2) is 9.37 Å². The fraction of sp³-hybridized carbons (Fsp3) is 0.412. The van der Waals surface area contributed by atoms with Gasteiger partial charge in [-0.15, -0.1) is 0 Å². The molecule has 1 amide bonds. The van der Waals surface area contributed by atoms with Crippen molar-refractivity contribution >= 4 is 17.5 Å². The predicted octanol–water partition coefficient (Wildman–Crippen LogP) is 3.30. The van der Waals surface area contributed by atoms with Gasteiger partial charge in [0.05, 0.1) is 5.02 Å². The quantitative estimate of drug-likeness (QED) is 0.810. The average Bonchev–Trinajstić information content (AvgIpc) is 3.09. The van der Waals surface area contributed by atoms with E-state index in [0.717, 1.165) is 18.9 Å². The van der Waals surface area contributed by atoms with E-state index in [1.165, 1.54) is 18.4 Å². The molecule has 0 atom stereocenters. The lowest BCUT2D eigenvalue weighted by atomic mass is 10.1. The number of hydrogen-bond acceptors (Lipinski definition) is 5. The van der Waals surface area contributed by atoms with Crippen molar-refractivity contribution in [1.82, 2.24) is 9.88 Å². The van der Waals surface area contributed by atoms with Crippen LogP contribution in [0.2, 0.25) is 5.02 Å². The van der Waals surface area contributed by atoms with Crippen molar-refractivity contribution in [3.8, 4) is 5.75 Å². The number of nitrogens with zero attached hydrogens (tertiary/aromatic N) is 2. The molecule has 0 N–H and O–H groups in total. The zero-order valence-corrected chi connectivity index (χ0v) is 14.5. The molecule has 2 heterocycles. The zero-order valence-electron chi connectivity index (χ0n) is 13.7. The fourth-order valence-corrected chi connectivity index (χ4v) is 2.85. The van der Waals surface area contributed by atoms with Crippen LogP contribution in [0.4, 0.5) is 4.39 Å². The monoisotopic (exact) mass is 368 g/mol. The molecule has 1 fully saturated rings. The first-order valence-corrected chi connectivity index (χ1v) is 8.29. The minimum absolute atomic E-state index is 0.0143. The number of carbonyl (C=O) groups is 1. The van der Waals surface area contributed by atoms with E-state index in [0.29, 0.717) is 19.0 Å². The van der Waals surface area contributed by atoms with Crippen LogP contribution in [0.3, 0.4) is 0 Å². The minimum Gasteiger partial charge on any atom is -0.482 e. The van der Waals surface area contributed by atoms with Gasteiger partial charge in [0.1, 0.15) is 17.8 Å². The van der Waals surface area contributed by atoms with Crippen molar-refractivity contribution < 1.29 is 23.1 Å². The van der Waals surface area contributed by atoms with E-state index in [2.05, 4.69) is 4.98 Å². The van der Waals surface area contributed by atoms with Crippen molar-refractivity contribution in [2.75, 3.05) is 20.3 Å². The van der Waals surface area contributed by atoms with Crippen LogP contribution in [0.1, 0.15) is 29.2 Å². The smallest absolute Gasteiger partial charge is 0.275 e. The number of ether oxygens (including phenoxy) is 2. The first-order valence-electron chi connectivity index (χ1n) is 7.92. The molecule has 1 saturated heterocycles. The van der Waals surface area contributed by atoms with Crippen LogP contribution < -0.4 is 4.74 Å². The fourth-order valence-electron chi connectivity index (χ4n) is 2.63. The van der Waals surface area contributed by atoms with E-state index in [4.69, 9.17) is 25.5 Å². The predicted molar refractivity (Wildman–Crippen MR) is 88.2 cm³/mol. The molecule has 6 nitrogen and oxygen atoms in total. The molecular formula is C17H18ClFN2O4. The van der Waals surface area contributed by atoms with Crippen LogP contribution in [-0.4, -0.2) is 42.1 Å². The van der Waals surface area contributed by atoms with Crippen molar-refractivity contribution in [2.24, 2.45) is 0 Å². The highest BCUT2D eigenvalue weighted by atomic mass is 35.5. The molecule has 1 aromatic heterocycles. The maximum atomic E-state index is 13.0. The summed E-state index contributed by atoms with van der Waals surface area (Å²) in [5.41, 5.74) is 0.220. The zero-order chi connectivity index (χ0) is 17.8. The highest BCUT2D eigenvalue weighted by molar-refractivity contribution is 6.32. The Morgan fingerprint density at radius 1 is 1.44 bits per heavy atom. The van der Waals surface area contributed by atoms with E-state index in [1.54, 1.807) is 11.9 Å². The molecule has 3 rings (SSSR count). The Bertz CT molecular complexity index is 746. The van der Waals surface area contributed by atoms with Gasteiger partial charge < -0.3 is 18.8 Å². The third kappa shape index (κ3) is 4.29. The molecule has 0 bridgehead atoms. The molecular weight excluding hydrogens is 351 g/mol. The Morgan fingerprint density at radius 3 is 2.92 bits per heavy atom. The third-order valence-corrected chi connectivity index (χ3v) is 4.37. The summed E-state index contributed by atoms with van der Waals surface area (Å²) in [7, 11) is 1.75. The number of amides is 1. The Morgan fingerprint density at radius 2 is 2.20 bits per heavy atom. The van der Waals surface area contributed by atoms with Crippen LogP contribution in [0.5, 0.6) is 5.75 Å². The maximum absolute atomic E-state index is 13.0. The highest BCUT2D eigenvalue weighted by Crippen LogP contribution is 2.25. The Balaban J connectivity index is 1.60. The average molecular weight is 369 g/mol. The summed E-state index contributed by atoms with van der Waals surface area (Å²) in [5.74, 6) is -0.100. The Kier molecular flexibility index (Phi) is 5.55. The lowest BCUT2D eigenvalue weighted by molar-refractivity contribution is 0.0359. The molecule has 25 heavy (non-hydrogen) atoms. The van der Waals surface area contributed by atoms with Gasteiger partial charge in [0.15, 0.2) is 12.3 Å². The minimum atomic E-state index is -0.447. The summed E-state index contributed by atoms with van der Waals surface area (Å²) in [4.78, 5) is 18.3. The van der Waals surface area contributed by atoms with Crippen molar-refractivity contribution in [2.45, 2.75) is 25.5 Å². The van der Waals surface area contributed by atoms with Gasteiger partial charge in [-0.2, -0.15) is 0 Å². The molecule has 0 spiro atoms. The van der Waals surface area contributed by atoms with Crippen molar-refractivity contribution in [1.29, 1.82) is 0 Å². The second-order valence-corrected chi connectivity index (χ2v) is 6.16. The van der Waals surface area contributed by atoms with Crippen LogP contribution in [0.25, 0.3) is 0 Å². The molecule has 0 aliphatic carbocycles. The summed E-state index contributed by atoms with van der Waals surface area (Å²) in [6, 6.07) is 3.96. The van der Waals surface area contributed by atoms with Gasteiger partial charge in [-0.1, -0.05) is 11.6 Å². The third-order valence-electron chi connectivity index (χ3n) is 4.07. The number of carbonyl (C=O) groups excluding carboxylic acids is 1. The first kappa shape index (κ1) is 17.7. The normalized spacial score (nSPS) is 15.2. The van der Waals surface area contributed by atoms with E-state index in [1.807, 2.05) is 0 Å². The summed E-state index contributed by atoms with van der Waals surface area (Å²) in [6.07, 6.45) is 2.92. The molecule has 134 valence electrons. The van der Waals surface area contributed by atoms with Gasteiger partial charge in [0.25, 0.3) is 5.91 Å². The Hall–Kier alpha value is -2.12. The van der Waals surface area contributed by atoms with E-state index in [9.17, 15) is 9.18 Å². The van der Waals surface area contributed by atoms with Gasteiger partial charge in [0, 0.05) is 26.3 Å². The summed E-state index contributed by atoms with van der Waals surface area (Å²) in [5, 5.41) is 0.155. The molecule has 0 radical (unpaired) electrons. The lowest BCUT2D eigenvalue weighted by Crippen LogP contribution is -2.40. The van der Waals surface area contributed by atoms with Gasteiger partial charge in [-0.3, -0.25) is 4.79 Å². The second kappa shape index (κ2) is 7.84. The van der Waals surface area contributed by atoms with E-state index in [-0.39, 0.29) is 35.2 Å².